The van der Waals surface area contributed by atoms with Crippen LogP contribution in [0.25, 0.3) is 10.9 Å². The topological polar surface area (TPSA) is 123 Å². The highest BCUT2D eigenvalue weighted by atomic mass is 16.6. The van der Waals surface area contributed by atoms with E-state index in [4.69, 9.17) is 14.6 Å². The average Bonchev–Trinajstić information content (AvgIpc) is 3.40. The molecule has 0 radical (unpaired) electrons. The molecule has 3 aliphatic heterocycles. The van der Waals surface area contributed by atoms with Gasteiger partial charge in [-0.25, -0.2) is 0 Å². The fraction of sp³-hybridized carbons (Fsp3) is 0.542. The summed E-state index contributed by atoms with van der Waals surface area (Å²) in [6.45, 7) is 3.38. The maximum absolute atomic E-state index is 13.0. The minimum Gasteiger partial charge on any atom is -0.483 e. The zero-order valence-corrected chi connectivity index (χ0v) is 18.6. The molecule has 0 bridgehead atoms. The number of ether oxygens (including phenoxy) is 1. The smallest absolute Gasteiger partial charge is 0.312 e. The number of nitrogens with one attached hydrogen (secondary N) is 1. The van der Waals surface area contributed by atoms with Gasteiger partial charge in [-0.1, -0.05) is 6.07 Å². The number of carbonyl (C=O) groups excluding carboxylic acids is 2. The Morgan fingerprint density at radius 2 is 1.88 bits per heavy atom. The molecule has 9 nitrogen and oxygen atoms in total. The van der Waals surface area contributed by atoms with Crippen molar-refractivity contribution in [3.05, 3.63) is 36.0 Å². The van der Waals surface area contributed by atoms with Crippen LogP contribution in [0.3, 0.4) is 0 Å². The number of hydrogen-bond acceptors (Lipinski definition) is 6. The van der Waals surface area contributed by atoms with E-state index in [-0.39, 0.29) is 30.6 Å². The van der Waals surface area contributed by atoms with Crippen LogP contribution in [-0.4, -0.2) is 88.3 Å². The van der Waals surface area contributed by atoms with Crippen LogP contribution in [0, 0.1) is 5.41 Å². The zero-order valence-electron chi connectivity index (χ0n) is 18.6. The monoisotopic (exact) mass is 457 g/mol. The first-order chi connectivity index (χ1) is 15.9. The maximum Gasteiger partial charge on any atom is 0.312 e. The molecule has 1 aromatic heterocycles. The predicted molar refractivity (Wildman–Crippen MR) is 121 cm³/mol. The van der Waals surface area contributed by atoms with Gasteiger partial charge >= 0.3 is 5.97 Å². The molecule has 178 valence electrons. The van der Waals surface area contributed by atoms with Crippen LogP contribution in [0.2, 0.25) is 0 Å². The van der Waals surface area contributed by atoms with Gasteiger partial charge in [-0.2, -0.15) is 0 Å². The van der Waals surface area contributed by atoms with E-state index >= 15 is 0 Å². The van der Waals surface area contributed by atoms with Gasteiger partial charge in [0.25, 0.3) is 12.4 Å². The van der Waals surface area contributed by atoms with E-state index in [1.165, 1.54) is 0 Å². The molecular formula is C24H31N3O6. The number of piperidine rings is 2. The molecule has 3 saturated heterocycles. The Morgan fingerprint density at radius 3 is 2.58 bits per heavy atom. The largest absolute Gasteiger partial charge is 0.483 e. The van der Waals surface area contributed by atoms with E-state index in [2.05, 4.69) is 9.88 Å². The molecule has 2 aromatic rings. The van der Waals surface area contributed by atoms with Crippen LogP contribution in [0.4, 0.5) is 0 Å². The van der Waals surface area contributed by atoms with Crippen LogP contribution in [0.15, 0.2) is 30.5 Å². The molecule has 3 aliphatic rings. The van der Waals surface area contributed by atoms with Crippen molar-refractivity contribution in [2.75, 3.05) is 32.7 Å². The Hall–Kier alpha value is -2.91. The van der Waals surface area contributed by atoms with Crippen LogP contribution in [-0.2, 0) is 14.3 Å². The summed E-state index contributed by atoms with van der Waals surface area (Å²) in [6.07, 6.45) is 5.24. The second-order valence-corrected chi connectivity index (χ2v) is 9.22. The summed E-state index contributed by atoms with van der Waals surface area (Å²) in [6, 6.07) is 7.72. The number of nitrogens with zero attached hydrogens (tertiary/aromatic N) is 2. The molecule has 0 aliphatic carbocycles. The lowest BCUT2D eigenvalue weighted by Crippen LogP contribution is -2.45. The summed E-state index contributed by atoms with van der Waals surface area (Å²) < 4.78 is 5.75. The summed E-state index contributed by atoms with van der Waals surface area (Å²) in [5.74, 6) is -0.0689. The normalized spacial score (nSPS) is 23.2. The highest BCUT2D eigenvalue weighted by Crippen LogP contribution is 2.43. The molecule has 1 unspecified atom stereocenters. The van der Waals surface area contributed by atoms with Crippen molar-refractivity contribution in [2.24, 2.45) is 5.41 Å². The summed E-state index contributed by atoms with van der Waals surface area (Å²) in [5, 5.41) is 17.7. The lowest BCUT2D eigenvalue weighted by atomic mass is 9.76. The van der Waals surface area contributed by atoms with E-state index in [0.29, 0.717) is 31.5 Å². The van der Waals surface area contributed by atoms with Crippen molar-refractivity contribution in [2.45, 2.75) is 44.3 Å². The number of benzene rings is 1. The Balaban J connectivity index is 0.000000821. The van der Waals surface area contributed by atoms with Gasteiger partial charge < -0.3 is 24.8 Å². The van der Waals surface area contributed by atoms with E-state index in [0.717, 1.165) is 49.8 Å². The first-order valence-electron chi connectivity index (χ1n) is 11.5. The number of aromatic amines is 1. The van der Waals surface area contributed by atoms with Crippen molar-refractivity contribution in [3.63, 3.8) is 0 Å². The second-order valence-electron chi connectivity index (χ2n) is 9.22. The first-order valence-corrected chi connectivity index (χ1v) is 11.5. The molecule has 1 aromatic carbocycles. The predicted octanol–water partition coefficient (Wildman–Crippen LogP) is 1.86. The van der Waals surface area contributed by atoms with Gasteiger partial charge in [-0.15, -0.1) is 0 Å². The van der Waals surface area contributed by atoms with E-state index in [1.807, 2.05) is 35.4 Å². The number of cyclic esters (lactones) is 1. The van der Waals surface area contributed by atoms with Crippen molar-refractivity contribution >= 4 is 29.3 Å². The number of hydrogen-bond donors (Lipinski definition) is 3. The van der Waals surface area contributed by atoms with Crippen molar-refractivity contribution in [1.29, 1.82) is 0 Å². The fourth-order valence-corrected chi connectivity index (χ4v) is 5.24. The third kappa shape index (κ3) is 5.04. The maximum atomic E-state index is 13.0. The number of amides is 1. The molecule has 33 heavy (non-hydrogen) atoms. The molecule has 1 spiro atoms. The molecule has 4 heterocycles. The minimum atomic E-state index is -0.444. The van der Waals surface area contributed by atoms with Gasteiger partial charge in [0.1, 0.15) is 6.10 Å². The Bertz CT molecular complexity index is 989. The van der Waals surface area contributed by atoms with Crippen molar-refractivity contribution in [3.8, 4) is 0 Å². The van der Waals surface area contributed by atoms with Crippen molar-refractivity contribution < 1.29 is 29.3 Å². The summed E-state index contributed by atoms with van der Waals surface area (Å²) in [4.78, 5) is 41.4. The summed E-state index contributed by atoms with van der Waals surface area (Å²) >= 11 is 0. The molecule has 0 saturated carbocycles. The quantitative estimate of drug-likeness (QED) is 0.475. The summed E-state index contributed by atoms with van der Waals surface area (Å²) in [5.41, 5.74) is 1.20. The molecule has 9 heteroatoms. The lowest BCUT2D eigenvalue weighted by Gasteiger charge is -2.36. The number of fused-ring (bicyclic) bond motifs is 1. The summed E-state index contributed by atoms with van der Waals surface area (Å²) in [7, 11) is 0. The van der Waals surface area contributed by atoms with Crippen LogP contribution < -0.4 is 0 Å². The highest BCUT2D eigenvalue weighted by Gasteiger charge is 2.51. The number of aliphatic hydroxyl groups is 1. The van der Waals surface area contributed by atoms with Gasteiger partial charge in [-0.3, -0.25) is 19.3 Å². The van der Waals surface area contributed by atoms with E-state index in [1.54, 1.807) is 0 Å². The van der Waals surface area contributed by atoms with Gasteiger partial charge in [0.15, 0.2) is 0 Å². The van der Waals surface area contributed by atoms with Crippen molar-refractivity contribution in [1.82, 2.24) is 14.8 Å². The number of likely N-dealkylation sites (tertiary alicyclic amines) is 2. The van der Waals surface area contributed by atoms with Crippen LogP contribution in [0.5, 0.6) is 0 Å². The van der Waals surface area contributed by atoms with E-state index < -0.39 is 5.41 Å². The molecule has 3 N–H and O–H groups in total. The molecule has 1 amide bonds. The van der Waals surface area contributed by atoms with Gasteiger partial charge in [0.05, 0.1) is 11.5 Å². The number of esters is 1. The van der Waals surface area contributed by atoms with Crippen LogP contribution in [0.1, 0.15) is 42.5 Å². The standard InChI is InChI=1S/C23H29N3O4.CH2O2/c27-18-4-9-25(10-5-18)15-19-14-23(22(29)30-19)6-11-26(12-7-23)21(28)17-2-1-16-3-8-24-20(16)13-17;2-1-3/h1-3,8,13,18-19,24,27H,4-7,9-12,14-15H2;1H,(H,2,3). The first kappa shape index (κ1) is 23.3. The third-order valence-corrected chi connectivity index (χ3v) is 7.15. The Labute approximate surface area is 192 Å². The Morgan fingerprint density at radius 1 is 1.18 bits per heavy atom. The third-order valence-electron chi connectivity index (χ3n) is 7.15. The van der Waals surface area contributed by atoms with Gasteiger partial charge in [0.2, 0.25) is 0 Å². The van der Waals surface area contributed by atoms with E-state index in [9.17, 15) is 14.7 Å². The number of rotatable bonds is 3. The second kappa shape index (κ2) is 9.93. The molecule has 1 atom stereocenters. The lowest BCUT2D eigenvalue weighted by molar-refractivity contribution is -0.151. The van der Waals surface area contributed by atoms with Gasteiger partial charge in [0, 0.05) is 56.4 Å². The van der Waals surface area contributed by atoms with Crippen LogP contribution >= 0.6 is 0 Å². The molecular weight excluding hydrogens is 426 g/mol. The number of H-pyrrole nitrogens is 1. The van der Waals surface area contributed by atoms with Gasteiger partial charge in [-0.05, 0) is 49.3 Å². The number of aliphatic hydroxyl groups excluding tert-OH is 1. The molecule has 3 fully saturated rings. The Kier molecular flexibility index (Phi) is 6.99. The molecule has 5 rings (SSSR count). The number of carboxylic acid groups (broad SMARTS) is 1. The highest BCUT2D eigenvalue weighted by molar-refractivity contribution is 5.98. The average molecular weight is 458 g/mol. The minimum absolute atomic E-state index is 0.0242. The number of carbonyl (C=O) groups is 3. The number of aromatic nitrogens is 1. The SMILES string of the molecule is O=C(c1ccc2cc[nH]c2c1)N1CCC2(CC1)CC(CN1CCC(O)CC1)OC2=O.O=CO. The fourth-order valence-electron chi connectivity index (χ4n) is 5.24. The zero-order chi connectivity index (χ0) is 23.4.